The molecule has 0 saturated carbocycles. The first-order valence-electron chi connectivity index (χ1n) is 9.04. The van der Waals surface area contributed by atoms with Gasteiger partial charge in [-0.2, -0.15) is 0 Å². The van der Waals surface area contributed by atoms with Crippen molar-refractivity contribution < 1.29 is 48.0 Å². The summed E-state index contributed by atoms with van der Waals surface area (Å²) in [6, 6.07) is 26.9. The molecule has 138 valence electrons. The van der Waals surface area contributed by atoms with Crippen molar-refractivity contribution in [3.05, 3.63) is 107 Å². The molecule has 0 aliphatic heterocycles. The molecule has 0 N–H and O–H groups in total. The molecule has 3 aromatic rings. The van der Waals surface area contributed by atoms with Crippen molar-refractivity contribution >= 4 is 31.3 Å². The van der Waals surface area contributed by atoms with Gasteiger partial charge in [0.05, 0.1) is 0 Å². The Kier molecular flexibility index (Phi) is 7.52. The molecule has 0 heterocycles. The first-order valence-corrected chi connectivity index (χ1v) is 12.9. The third-order valence-corrected chi connectivity index (χ3v) is 10.6. The molecular weight excluding hydrogens is 481 g/mol. The quantitative estimate of drug-likeness (QED) is 0.414. The zero-order valence-corrected chi connectivity index (χ0v) is 20.1. The Labute approximate surface area is 192 Å². The SMILES string of the molecule is C1=C[CH]([Zr+2][CH]2C=Cc3cc(Pc4ccccc4)ccc32)c2ccccc21.[Cl-].[Cl-]. The van der Waals surface area contributed by atoms with Crippen LogP contribution in [0.15, 0.2) is 84.9 Å². The Morgan fingerprint density at radius 1 is 0.607 bits per heavy atom. The molecule has 0 spiro atoms. The molecule has 2 aliphatic rings. The summed E-state index contributed by atoms with van der Waals surface area (Å²) in [7, 11) is 0.743. The van der Waals surface area contributed by atoms with Crippen LogP contribution in [0.3, 0.4) is 0 Å². The van der Waals surface area contributed by atoms with Gasteiger partial charge in [0.1, 0.15) is 0 Å². The van der Waals surface area contributed by atoms with Crippen molar-refractivity contribution in [2.75, 3.05) is 0 Å². The van der Waals surface area contributed by atoms with E-state index in [2.05, 4.69) is 97.1 Å². The Hall–Kier alpha value is -0.967. The van der Waals surface area contributed by atoms with E-state index in [1.165, 1.54) is 21.7 Å². The van der Waals surface area contributed by atoms with Crippen molar-refractivity contribution in [1.29, 1.82) is 0 Å². The van der Waals surface area contributed by atoms with Gasteiger partial charge in [-0.1, -0.05) is 0 Å². The van der Waals surface area contributed by atoms with E-state index >= 15 is 0 Å². The van der Waals surface area contributed by atoms with E-state index in [1.54, 1.807) is 11.1 Å². The van der Waals surface area contributed by atoms with Crippen LogP contribution in [0.1, 0.15) is 29.5 Å². The van der Waals surface area contributed by atoms with E-state index in [1.807, 2.05) is 0 Å². The van der Waals surface area contributed by atoms with Crippen LogP contribution in [0.2, 0.25) is 0 Å². The second kappa shape index (κ2) is 9.69. The summed E-state index contributed by atoms with van der Waals surface area (Å²) in [5.41, 5.74) is 6.01. The Morgan fingerprint density at radius 3 is 2.04 bits per heavy atom. The summed E-state index contributed by atoms with van der Waals surface area (Å²) in [6.45, 7) is 0. The van der Waals surface area contributed by atoms with Gasteiger partial charge < -0.3 is 24.8 Å². The fourth-order valence-electron chi connectivity index (χ4n) is 3.81. The molecule has 2 aliphatic carbocycles. The first-order chi connectivity index (χ1) is 12.9. The maximum absolute atomic E-state index is 2.47. The van der Waals surface area contributed by atoms with E-state index < -0.39 is 23.2 Å². The second-order valence-electron chi connectivity index (χ2n) is 6.80. The number of hydrogen-bond donors (Lipinski definition) is 0. The Morgan fingerprint density at radius 2 is 1.25 bits per heavy atom. The van der Waals surface area contributed by atoms with Crippen molar-refractivity contribution in [2.45, 2.75) is 7.25 Å². The minimum absolute atomic E-state index is 0. The maximum atomic E-state index is 2.47. The maximum Gasteiger partial charge on any atom is -1.00 e. The normalized spacial score (nSPS) is 18.3. The van der Waals surface area contributed by atoms with Gasteiger partial charge in [-0.15, -0.1) is 0 Å². The van der Waals surface area contributed by atoms with Gasteiger partial charge in [0.2, 0.25) is 0 Å². The predicted molar refractivity (Wildman–Crippen MR) is 110 cm³/mol. The first kappa shape index (κ1) is 21.7. The summed E-state index contributed by atoms with van der Waals surface area (Å²) in [5, 5.41) is 2.85. The molecule has 3 unspecified atom stereocenters. The fourth-order valence-corrected chi connectivity index (χ4v) is 9.04. The number of allylic oxidation sites excluding steroid dienone is 2. The molecule has 5 rings (SSSR count). The summed E-state index contributed by atoms with van der Waals surface area (Å²) in [6.07, 6.45) is 9.61. The van der Waals surface area contributed by atoms with E-state index in [0.717, 1.165) is 8.58 Å². The third kappa shape index (κ3) is 4.45. The molecule has 0 amide bonds. The molecule has 0 aromatic heterocycles. The van der Waals surface area contributed by atoms with Gasteiger partial charge in [0.15, 0.2) is 0 Å². The summed E-state index contributed by atoms with van der Waals surface area (Å²) < 4.78 is 1.41. The second-order valence-corrected chi connectivity index (χ2v) is 12.1. The molecule has 0 saturated heterocycles. The number of benzene rings is 3. The predicted octanol–water partition coefficient (Wildman–Crippen LogP) is -0.758. The smallest absolute Gasteiger partial charge is 1.00 e. The van der Waals surface area contributed by atoms with Crippen molar-refractivity contribution in [2.24, 2.45) is 0 Å². The van der Waals surface area contributed by atoms with Crippen molar-refractivity contribution in [1.82, 2.24) is 0 Å². The Balaban J connectivity index is 0.00000112. The van der Waals surface area contributed by atoms with Crippen LogP contribution in [0, 0.1) is 0 Å². The van der Waals surface area contributed by atoms with Gasteiger partial charge in [0.25, 0.3) is 0 Å². The van der Waals surface area contributed by atoms with Gasteiger partial charge >= 0.3 is 169 Å². The molecule has 0 nitrogen and oxygen atoms in total. The zero-order chi connectivity index (χ0) is 17.3. The van der Waals surface area contributed by atoms with Crippen LogP contribution in [-0.2, 0) is 23.2 Å². The minimum Gasteiger partial charge on any atom is -1.00 e. The standard InChI is InChI=1S/C15H12P.C9H7.2ClH.Zr/c1-2-7-14(8-3-1)16-15-10-9-12-5-4-6-13(12)11-15;1-2-5-9-7-3-6-8(9)4-1;;;/h1-11,16H;1-7H;2*1H;/q;;;;+2/p-2. The average molecular weight is 501 g/mol. The van der Waals surface area contributed by atoms with Crippen LogP contribution in [-0.4, -0.2) is 0 Å². The molecule has 3 aromatic carbocycles. The van der Waals surface area contributed by atoms with Gasteiger partial charge in [-0.3, -0.25) is 0 Å². The molecule has 4 heteroatoms. The van der Waals surface area contributed by atoms with Crippen LogP contribution >= 0.6 is 8.58 Å². The fraction of sp³-hybridized carbons (Fsp3) is 0.0833. The number of fused-ring (bicyclic) bond motifs is 2. The molecule has 0 fully saturated rings. The average Bonchev–Trinajstić information content (AvgIpc) is 3.27. The number of halogens is 2. The van der Waals surface area contributed by atoms with E-state index in [0.29, 0.717) is 7.25 Å². The van der Waals surface area contributed by atoms with Gasteiger partial charge in [-0.25, -0.2) is 0 Å². The largest absolute Gasteiger partial charge is 1.00 e. The van der Waals surface area contributed by atoms with Crippen LogP contribution in [0.4, 0.5) is 0 Å². The van der Waals surface area contributed by atoms with Crippen LogP contribution in [0.5, 0.6) is 0 Å². The molecular formula is C24H19Cl2PZr. The third-order valence-electron chi connectivity index (χ3n) is 5.11. The molecule has 0 radical (unpaired) electrons. The molecule has 0 bridgehead atoms. The van der Waals surface area contributed by atoms with Crippen molar-refractivity contribution in [3.63, 3.8) is 0 Å². The van der Waals surface area contributed by atoms with E-state index in [-0.39, 0.29) is 24.8 Å². The zero-order valence-electron chi connectivity index (χ0n) is 15.1. The number of rotatable bonds is 4. The van der Waals surface area contributed by atoms with Crippen LogP contribution < -0.4 is 35.4 Å². The van der Waals surface area contributed by atoms with Crippen molar-refractivity contribution in [3.8, 4) is 0 Å². The van der Waals surface area contributed by atoms with E-state index in [9.17, 15) is 0 Å². The summed E-state index contributed by atoms with van der Waals surface area (Å²) in [5.74, 6) is 0. The monoisotopic (exact) mass is 498 g/mol. The minimum atomic E-state index is -0.620. The summed E-state index contributed by atoms with van der Waals surface area (Å²) in [4.78, 5) is 0. The van der Waals surface area contributed by atoms with Crippen LogP contribution in [0.25, 0.3) is 12.2 Å². The molecule has 28 heavy (non-hydrogen) atoms. The number of hydrogen-bond acceptors (Lipinski definition) is 0. The Bertz CT molecular complexity index is 1010. The van der Waals surface area contributed by atoms with Gasteiger partial charge in [0, 0.05) is 0 Å². The topological polar surface area (TPSA) is 0 Å². The van der Waals surface area contributed by atoms with E-state index in [4.69, 9.17) is 0 Å². The summed E-state index contributed by atoms with van der Waals surface area (Å²) >= 11 is -0.620. The van der Waals surface area contributed by atoms with Gasteiger partial charge in [-0.05, 0) is 0 Å². The molecule has 3 atom stereocenters.